The van der Waals surface area contributed by atoms with Crippen molar-refractivity contribution >= 4 is 5.69 Å². The zero-order valence-electron chi connectivity index (χ0n) is 10.8. The number of hydrogen-bond acceptors (Lipinski definition) is 2. The molecule has 1 rings (SSSR count). The predicted octanol–water partition coefficient (Wildman–Crippen LogP) is 3.65. The zero-order chi connectivity index (χ0) is 12.0. The maximum atomic E-state index is 5.20. The summed E-state index contributed by atoms with van der Waals surface area (Å²) >= 11 is 0. The van der Waals surface area contributed by atoms with Crippen LogP contribution in [0.5, 0.6) is 0 Å². The second-order valence-corrected chi connectivity index (χ2v) is 4.45. The molecular formula is C14H23NO. The van der Waals surface area contributed by atoms with Crippen LogP contribution in [0.3, 0.4) is 0 Å². The topological polar surface area (TPSA) is 21.3 Å². The van der Waals surface area contributed by atoms with Gasteiger partial charge in [-0.25, -0.2) is 0 Å². The first-order valence-corrected chi connectivity index (χ1v) is 6.03. The molecule has 0 saturated carbocycles. The van der Waals surface area contributed by atoms with Crippen molar-refractivity contribution in [2.75, 3.05) is 19.0 Å². The summed E-state index contributed by atoms with van der Waals surface area (Å²) in [5, 5.41) is 3.55. The van der Waals surface area contributed by atoms with Crippen LogP contribution in [0.1, 0.15) is 38.7 Å². The van der Waals surface area contributed by atoms with E-state index in [2.05, 4.69) is 50.4 Å². The molecule has 1 unspecified atom stereocenters. The highest BCUT2D eigenvalue weighted by atomic mass is 16.5. The molecule has 0 heterocycles. The van der Waals surface area contributed by atoms with E-state index in [4.69, 9.17) is 4.74 Å². The molecular weight excluding hydrogens is 198 g/mol. The maximum Gasteiger partial charge on any atom is 0.0663 e. The van der Waals surface area contributed by atoms with Gasteiger partial charge in [0.25, 0.3) is 0 Å². The van der Waals surface area contributed by atoms with E-state index in [0.717, 1.165) is 13.0 Å². The fourth-order valence-corrected chi connectivity index (χ4v) is 1.81. The highest BCUT2D eigenvalue weighted by Gasteiger charge is 2.10. The number of ether oxygens (including phenoxy) is 1. The van der Waals surface area contributed by atoms with Gasteiger partial charge in [-0.15, -0.1) is 0 Å². The van der Waals surface area contributed by atoms with E-state index < -0.39 is 0 Å². The summed E-state index contributed by atoms with van der Waals surface area (Å²) in [5.41, 5.74) is 2.61. The zero-order valence-corrected chi connectivity index (χ0v) is 10.8. The summed E-state index contributed by atoms with van der Waals surface area (Å²) < 4.78 is 5.20. The predicted molar refractivity (Wildman–Crippen MR) is 70.1 cm³/mol. The molecule has 0 fully saturated rings. The average molecular weight is 221 g/mol. The number of para-hydroxylation sites is 1. The van der Waals surface area contributed by atoms with E-state index in [1.165, 1.54) is 11.3 Å². The van der Waals surface area contributed by atoms with Gasteiger partial charge in [-0.05, 0) is 24.0 Å². The Hall–Kier alpha value is -1.02. The quantitative estimate of drug-likeness (QED) is 0.791. The van der Waals surface area contributed by atoms with Gasteiger partial charge in [0.15, 0.2) is 0 Å². The van der Waals surface area contributed by atoms with Crippen LogP contribution < -0.4 is 5.32 Å². The minimum absolute atomic E-state index is 0.393. The van der Waals surface area contributed by atoms with Gasteiger partial charge in [0.05, 0.1) is 6.61 Å². The summed E-state index contributed by atoms with van der Waals surface area (Å²) in [6.07, 6.45) is 1.07. The van der Waals surface area contributed by atoms with Crippen LogP contribution in [0.2, 0.25) is 0 Å². The van der Waals surface area contributed by atoms with Crippen LogP contribution in [0.25, 0.3) is 0 Å². The second kappa shape index (κ2) is 6.54. The van der Waals surface area contributed by atoms with Gasteiger partial charge in [-0.3, -0.25) is 0 Å². The first-order valence-electron chi connectivity index (χ1n) is 6.03. The average Bonchev–Trinajstić information content (AvgIpc) is 2.29. The van der Waals surface area contributed by atoms with Crippen molar-refractivity contribution in [3.05, 3.63) is 29.8 Å². The normalized spacial score (nSPS) is 12.8. The summed E-state index contributed by atoms with van der Waals surface area (Å²) in [4.78, 5) is 0. The molecule has 2 nitrogen and oxygen atoms in total. The first kappa shape index (κ1) is 13.0. The Morgan fingerprint density at radius 2 is 1.94 bits per heavy atom. The Bertz CT molecular complexity index is 309. The summed E-state index contributed by atoms with van der Waals surface area (Å²) in [5.74, 6) is 0.545. The molecule has 1 N–H and O–H groups in total. The number of methoxy groups -OCH3 is 1. The smallest absolute Gasteiger partial charge is 0.0663 e. The van der Waals surface area contributed by atoms with Crippen molar-refractivity contribution in [3.63, 3.8) is 0 Å². The van der Waals surface area contributed by atoms with Gasteiger partial charge in [0.1, 0.15) is 0 Å². The summed E-state index contributed by atoms with van der Waals surface area (Å²) in [6.45, 7) is 7.37. The SMILES string of the molecule is CCC(COC)Nc1ccccc1C(C)C. The lowest BCUT2D eigenvalue weighted by molar-refractivity contribution is 0.184. The van der Waals surface area contributed by atoms with Gasteiger partial charge in [0, 0.05) is 18.8 Å². The van der Waals surface area contributed by atoms with Crippen molar-refractivity contribution in [1.82, 2.24) is 0 Å². The highest BCUT2D eigenvalue weighted by molar-refractivity contribution is 5.53. The van der Waals surface area contributed by atoms with Crippen molar-refractivity contribution in [1.29, 1.82) is 0 Å². The molecule has 0 radical (unpaired) electrons. The molecule has 0 aliphatic carbocycles. The van der Waals surface area contributed by atoms with Crippen molar-refractivity contribution in [2.24, 2.45) is 0 Å². The number of hydrogen-bond donors (Lipinski definition) is 1. The van der Waals surface area contributed by atoms with Crippen LogP contribution in [0, 0.1) is 0 Å². The fourth-order valence-electron chi connectivity index (χ4n) is 1.81. The van der Waals surface area contributed by atoms with Crippen molar-refractivity contribution < 1.29 is 4.74 Å². The minimum atomic E-state index is 0.393. The Morgan fingerprint density at radius 1 is 1.25 bits per heavy atom. The molecule has 1 aromatic carbocycles. The van der Waals surface area contributed by atoms with E-state index in [1.807, 2.05) is 0 Å². The lowest BCUT2D eigenvalue weighted by Gasteiger charge is -2.21. The number of benzene rings is 1. The van der Waals surface area contributed by atoms with Crippen LogP contribution in [-0.2, 0) is 4.74 Å². The molecule has 1 aromatic rings. The Kier molecular flexibility index (Phi) is 5.33. The molecule has 0 aliphatic heterocycles. The van der Waals surface area contributed by atoms with Crippen LogP contribution in [0.15, 0.2) is 24.3 Å². The second-order valence-electron chi connectivity index (χ2n) is 4.45. The molecule has 1 atom stereocenters. The van der Waals surface area contributed by atoms with E-state index in [-0.39, 0.29) is 0 Å². The monoisotopic (exact) mass is 221 g/mol. The van der Waals surface area contributed by atoms with Gasteiger partial charge in [-0.1, -0.05) is 39.0 Å². The Morgan fingerprint density at radius 3 is 2.50 bits per heavy atom. The largest absolute Gasteiger partial charge is 0.383 e. The number of nitrogens with one attached hydrogen (secondary N) is 1. The minimum Gasteiger partial charge on any atom is -0.383 e. The van der Waals surface area contributed by atoms with Crippen LogP contribution >= 0.6 is 0 Å². The molecule has 0 aromatic heterocycles. The third-order valence-corrected chi connectivity index (χ3v) is 2.80. The molecule has 0 bridgehead atoms. The third-order valence-electron chi connectivity index (χ3n) is 2.80. The van der Waals surface area contributed by atoms with Crippen molar-refractivity contribution in [2.45, 2.75) is 39.2 Å². The fraction of sp³-hybridized carbons (Fsp3) is 0.571. The lowest BCUT2D eigenvalue weighted by Crippen LogP contribution is -2.24. The Balaban J connectivity index is 2.78. The molecule has 90 valence electrons. The van der Waals surface area contributed by atoms with Gasteiger partial charge in [-0.2, -0.15) is 0 Å². The molecule has 0 aliphatic rings. The van der Waals surface area contributed by atoms with Gasteiger partial charge < -0.3 is 10.1 Å². The van der Waals surface area contributed by atoms with Gasteiger partial charge >= 0.3 is 0 Å². The lowest BCUT2D eigenvalue weighted by atomic mass is 10.0. The molecule has 16 heavy (non-hydrogen) atoms. The standard InChI is InChI=1S/C14H23NO/c1-5-12(10-16-4)15-14-9-7-6-8-13(14)11(2)3/h6-9,11-12,15H,5,10H2,1-4H3. The van der Waals surface area contributed by atoms with Crippen LogP contribution in [0.4, 0.5) is 5.69 Å². The molecule has 0 amide bonds. The number of rotatable bonds is 6. The van der Waals surface area contributed by atoms with E-state index in [1.54, 1.807) is 7.11 Å². The Labute approximate surface area is 99.0 Å². The van der Waals surface area contributed by atoms with E-state index in [9.17, 15) is 0 Å². The highest BCUT2D eigenvalue weighted by Crippen LogP contribution is 2.24. The first-order chi connectivity index (χ1) is 7.69. The summed E-state index contributed by atoms with van der Waals surface area (Å²) in [7, 11) is 1.75. The summed E-state index contributed by atoms with van der Waals surface area (Å²) in [6, 6.07) is 8.90. The maximum absolute atomic E-state index is 5.20. The van der Waals surface area contributed by atoms with Gasteiger partial charge in [0.2, 0.25) is 0 Å². The number of anilines is 1. The molecule has 0 saturated heterocycles. The van der Waals surface area contributed by atoms with Crippen LogP contribution in [-0.4, -0.2) is 19.8 Å². The van der Waals surface area contributed by atoms with Crippen molar-refractivity contribution in [3.8, 4) is 0 Å². The van der Waals surface area contributed by atoms with E-state index >= 15 is 0 Å². The third kappa shape index (κ3) is 3.53. The molecule has 0 spiro atoms. The molecule has 2 heteroatoms. The van der Waals surface area contributed by atoms with E-state index in [0.29, 0.717) is 12.0 Å².